The van der Waals surface area contributed by atoms with Crippen LogP contribution in [0.4, 0.5) is 5.95 Å². The van der Waals surface area contributed by atoms with Gasteiger partial charge in [-0.15, -0.1) is 0 Å². The highest BCUT2D eigenvalue weighted by molar-refractivity contribution is 5.60. The van der Waals surface area contributed by atoms with Crippen LogP contribution < -0.4 is 10.9 Å². The van der Waals surface area contributed by atoms with Crippen LogP contribution in [0.5, 0.6) is 0 Å². The van der Waals surface area contributed by atoms with Gasteiger partial charge in [0.05, 0.1) is 0 Å². The van der Waals surface area contributed by atoms with Crippen molar-refractivity contribution < 1.29 is 0 Å². The zero-order valence-electron chi connectivity index (χ0n) is 18.4. The number of benzene rings is 2. The summed E-state index contributed by atoms with van der Waals surface area (Å²) in [6.45, 7) is 7.34. The maximum Gasteiger partial charge on any atom is 0.266 e. The van der Waals surface area contributed by atoms with Crippen molar-refractivity contribution in [1.82, 2.24) is 19.6 Å². The summed E-state index contributed by atoms with van der Waals surface area (Å²) in [6.07, 6.45) is 3.13. The third kappa shape index (κ3) is 5.02. The molecule has 160 valence electrons. The minimum absolute atomic E-state index is 0.0871. The highest BCUT2D eigenvalue weighted by atomic mass is 16.1. The number of nitrogens with zero attached hydrogens (tertiary/aromatic N) is 3. The number of hydrogen-bond donors (Lipinski definition) is 2. The first-order valence-corrected chi connectivity index (χ1v) is 10.8. The molecule has 0 atom stereocenters. The fraction of sp³-hybridized carbons (Fsp3) is 0.320. The maximum atomic E-state index is 11.9. The van der Waals surface area contributed by atoms with Gasteiger partial charge in [0.25, 0.3) is 5.56 Å². The molecule has 31 heavy (non-hydrogen) atoms. The molecule has 0 saturated heterocycles. The molecule has 0 aliphatic rings. The van der Waals surface area contributed by atoms with E-state index in [-0.39, 0.29) is 11.0 Å². The van der Waals surface area contributed by atoms with Gasteiger partial charge in [-0.2, -0.15) is 4.98 Å². The average Bonchev–Trinajstić information content (AvgIpc) is 3.14. The molecular weight excluding hydrogens is 386 g/mol. The van der Waals surface area contributed by atoms with Crippen molar-refractivity contribution in [3.63, 3.8) is 0 Å². The molecule has 2 aromatic carbocycles. The number of aromatic nitrogens is 4. The van der Waals surface area contributed by atoms with E-state index in [1.54, 1.807) is 4.52 Å². The Morgan fingerprint density at radius 2 is 1.71 bits per heavy atom. The van der Waals surface area contributed by atoms with Crippen molar-refractivity contribution in [2.24, 2.45) is 0 Å². The average molecular weight is 416 g/mol. The van der Waals surface area contributed by atoms with Gasteiger partial charge >= 0.3 is 0 Å². The fourth-order valence-corrected chi connectivity index (χ4v) is 3.58. The Morgan fingerprint density at radius 3 is 2.42 bits per heavy atom. The van der Waals surface area contributed by atoms with E-state index in [0.29, 0.717) is 17.4 Å². The smallest absolute Gasteiger partial charge is 0.266 e. The summed E-state index contributed by atoms with van der Waals surface area (Å²) in [5.74, 6) is 1.20. The van der Waals surface area contributed by atoms with Gasteiger partial charge in [0.15, 0.2) is 11.5 Å². The third-order valence-electron chi connectivity index (χ3n) is 5.38. The van der Waals surface area contributed by atoms with Gasteiger partial charge in [-0.25, -0.2) is 9.50 Å². The lowest BCUT2D eigenvalue weighted by atomic mass is 9.87. The lowest BCUT2D eigenvalue weighted by molar-refractivity contribution is 0.590. The number of H-pyrrole nitrogens is 1. The van der Waals surface area contributed by atoms with Crippen LogP contribution in [0.15, 0.2) is 65.5 Å². The van der Waals surface area contributed by atoms with Gasteiger partial charge in [-0.1, -0.05) is 75.4 Å². The maximum absolute atomic E-state index is 11.9. The second-order valence-electron chi connectivity index (χ2n) is 8.88. The number of rotatable bonds is 7. The molecule has 4 aromatic rings. The van der Waals surface area contributed by atoms with Gasteiger partial charge in [-0.05, 0) is 35.8 Å². The van der Waals surface area contributed by atoms with Gasteiger partial charge in [0.2, 0.25) is 5.95 Å². The molecule has 0 aliphatic carbocycles. The molecule has 0 bridgehead atoms. The second-order valence-corrected chi connectivity index (χ2v) is 8.88. The lowest BCUT2D eigenvalue weighted by Gasteiger charge is -2.19. The summed E-state index contributed by atoms with van der Waals surface area (Å²) >= 11 is 0. The van der Waals surface area contributed by atoms with E-state index in [1.807, 2.05) is 18.2 Å². The Labute approximate surface area is 182 Å². The van der Waals surface area contributed by atoms with Gasteiger partial charge in [0, 0.05) is 18.2 Å². The first-order valence-electron chi connectivity index (χ1n) is 10.8. The number of aromatic amines is 1. The van der Waals surface area contributed by atoms with E-state index in [2.05, 4.69) is 72.6 Å². The van der Waals surface area contributed by atoms with E-state index >= 15 is 0 Å². The molecule has 2 N–H and O–H groups in total. The molecule has 0 unspecified atom stereocenters. The molecule has 6 heteroatoms. The molecule has 0 spiro atoms. The van der Waals surface area contributed by atoms with Gasteiger partial charge in [0.1, 0.15) is 0 Å². The van der Waals surface area contributed by atoms with E-state index in [9.17, 15) is 4.79 Å². The molecule has 4 rings (SSSR count). The van der Waals surface area contributed by atoms with Crippen LogP contribution in [-0.2, 0) is 11.8 Å². The highest BCUT2D eigenvalue weighted by Crippen LogP contribution is 2.25. The predicted octanol–water partition coefficient (Wildman–Crippen LogP) is 4.82. The standard InChI is InChI=1S/C25H29N5O/c1-25(2,3)20-14-12-19(13-15-20)23-27-21-17-22(31)29-30(21)24(28-23)26-16-8-7-11-18-9-5-4-6-10-18/h4-6,9-10,12-15,17H,7-8,11,16H2,1-3H3,(H,29,31)(H,26,27,28). The summed E-state index contributed by atoms with van der Waals surface area (Å²) in [7, 11) is 0. The van der Waals surface area contributed by atoms with Crippen molar-refractivity contribution in [2.45, 2.75) is 45.4 Å². The van der Waals surface area contributed by atoms with Gasteiger partial charge in [-0.3, -0.25) is 9.89 Å². The molecule has 0 aliphatic heterocycles. The topological polar surface area (TPSA) is 75.1 Å². The number of fused-ring (bicyclic) bond motifs is 1. The number of unbranched alkanes of at least 4 members (excludes halogenated alkanes) is 1. The SMILES string of the molecule is CC(C)(C)c1ccc(-c2nc(NCCCCc3ccccc3)n3[nH]c(=O)cc3n2)cc1. The molecular formula is C25H29N5O. The fourth-order valence-electron chi connectivity index (χ4n) is 3.58. The van der Waals surface area contributed by atoms with Crippen LogP contribution in [0.3, 0.4) is 0 Å². The first-order chi connectivity index (χ1) is 14.9. The van der Waals surface area contributed by atoms with E-state index < -0.39 is 0 Å². The predicted molar refractivity (Wildman–Crippen MR) is 126 cm³/mol. The Hall–Kier alpha value is -3.41. The largest absolute Gasteiger partial charge is 0.354 e. The molecule has 6 nitrogen and oxygen atoms in total. The second kappa shape index (κ2) is 8.76. The minimum atomic E-state index is -0.193. The Morgan fingerprint density at radius 1 is 0.968 bits per heavy atom. The number of anilines is 1. The number of hydrogen-bond acceptors (Lipinski definition) is 4. The quantitative estimate of drug-likeness (QED) is 0.425. The zero-order valence-corrected chi connectivity index (χ0v) is 18.4. The van der Waals surface area contributed by atoms with Crippen LogP contribution in [0.1, 0.15) is 44.7 Å². The molecule has 0 radical (unpaired) electrons. The molecule has 0 saturated carbocycles. The summed E-state index contributed by atoms with van der Waals surface area (Å²) in [5, 5.41) is 6.15. The van der Waals surface area contributed by atoms with E-state index in [0.717, 1.165) is 31.4 Å². The van der Waals surface area contributed by atoms with Crippen molar-refractivity contribution in [2.75, 3.05) is 11.9 Å². The Bertz CT molecular complexity index is 1200. The molecule has 2 heterocycles. The Balaban J connectivity index is 1.50. The van der Waals surface area contributed by atoms with Crippen LogP contribution in [0.2, 0.25) is 0 Å². The van der Waals surface area contributed by atoms with E-state index in [4.69, 9.17) is 4.98 Å². The minimum Gasteiger partial charge on any atom is -0.354 e. The van der Waals surface area contributed by atoms with Crippen molar-refractivity contribution >= 4 is 11.6 Å². The first kappa shape index (κ1) is 20.8. The molecule has 0 amide bonds. The zero-order chi connectivity index (χ0) is 21.8. The van der Waals surface area contributed by atoms with Crippen molar-refractivity contribution in [1.29, 1.82) is 0 Å². The van der Waals surface area contributed by atoms with Crippen molar-refractivity contribution in [3.8, 4) is 11.4 Å². The number of aryl methyl sites for hydroxylation is 1. The van der Waals surface area contributed by atoms with Crippen LogP contribution in [0.25, 0.3) is 17.0 Å². The van der Waals surface area contributed by atoms with Crippen molar-refractivity contribution in [3.05, 3.63) is 82.1 Å². The lowest BCUT2D eigenvalue weighted by Crippen LogP contribution is -2.12. The highest BCUT2D eigenvalue weighted by Gasteiger charge is 2.15. The monoisotopic (exact) mass is 415 g/mol. The van der Waals surface area contributed by atoms with Crippen LogP contribution >= 0.6 is 0 Å². The van der Waals surface area contributed by atoms with Crippen LogP contribution in [-0.4, -0.2) is 26.1 Å². The van der Waals surface area contributed by atoms with Crippen LogP contribution in [0, 0.1) is 0 Å². The normalized spacial score (nSPS) is 11.7. The summed E-state index contributed by atoms with van der Waals surface area (Å²) in [6, 6.07) is 20.3. The summed E-state index contributed by atoms with van der Waals surface area (Å²) in [5.41, 5.74) is 3.98. The third-order valence-corrected chi connectivity index (χ3v) is 5.38. The molecule has 2 aromatic heterocycles. The summed E-state index contributed by atoms with van der Waals surface area (Å²) < 4.78 is 1.62. The van der Waals surface area contributed by atoms with Gasteiger partial charge < -0.3 is 5.32 Å². The number of nitrogens with one attached hydrogen (secondary N) is 2. The summed E-state index contributed by atoms with van der Waals surface area (Å²) in [4.78, 5) is 21.2. The molecule has 0 fully saturated rings. The Kier molecular flexibility index (Phi) is 5.89. The van der Waals surface area contributed by atoms with E-state index in [1.165, 1.54) is 17.2 Å².